The largest absolute Gasteiger partial charge is 0.0683 e. The van der Waals surface area contributed by atoms with Crippen molar-refractivity contribution in [2.24, 2.45) is 0 Å². The monoisotopic (exact) mass is 462 g/mol. The molecule has 0 fully saturated rings. The van der Waals surface area contributed by atoms with Crippen molar-refractivity contribution in [1.29, 1.82) is 0 Å². The second kappa shape index (κ2) is 23.8. The molecular weight excluding hydrogens is 408 g/mol. The van der Waals surface area contributed by atoms with Crippen molar-refractivity contribution < 1.29 is 0 Å². The van der Waals surface area contributed by atoms with E-state index in [0.29, 0.717) is 0 Å². The number of benzene rings is 3. The van der Waals surface area contributed by atoms with Crippen molar-refractivity contribution in [2.45, 2.75) is 108 Å². The summed E-state index contributed by atoms with van der Waals surface area (Å²) in [6.07, 6.45) is 7.37. The lowest BCUT2D eigenvalue weighted by atomic mass is 10.1. The average molecular weight is 463 g/mol. The Labute approximate surface area is 213 Å². The van der Waals surface area contributed by atoms with Crippen LogP contribution < -0.4 is 0 Å². The smallest absolute Gasteiger partial charge is 0.0279 e. The molecule has 0 unspecified atom stereocenters. The van der Waals surface area contributed by atoms with Gasteiger partial charge in [-0.25, -0.2) is 0 Å². The van der Waals surface area contributed by atoms with Gasteiger partial charge in [0.1, 0.15) is 0 Å². The number of aryl methyl sites for hydroxylation is 6. The lowest BCUT2D eigenvalue weighted by Crippen LogP contribution is -1.85. The highest BCUT2D eigenvalue weighted by Crippen LogP contribution is 2.10. The Kier molecular flexibility index (Phi) is 23.7. The van der Waals surface area contributed by atoms with E-state index in [1.165, 1.54) is 71.9 Å². The van der Waals surface area contributed by atoms with Gasteiger partial charge in [0.05, 0.1) is 0 Å². The normalized spacial score (nSPS) is 9.00. The summed E-state index contributed by atoms with van der Waals surface area (Å²) in [5.41, 5.74) is 8.73. The highest BCUT2D eigenvalue weighted by atomic mass is 14.0. The zero-order valence-electron chi connectivity index (χ0n) is 24.2. The van der Waals surface area contributed by atoms with E-state index in [9.17, 15) is 0 Å². The first kappa shape index (κ1) is 33.8. The maximum absolute atomic E-state index is 2.21. The van der Waals surface area contributed by atoms with Crippen LogP contribution in [0.4, 0.5) is 0 Å². The zero-order chi connectivity index (χ0) is 26.2. The first-order valence-corrected chi connectivity index (χ1v) is 13.7. The molecule has 0 atom stereocenters. The second-order valence-electron chi connectivity index (χ2n) is 8.03. The molecule has 0 nitrogen and oxygen atoms in total. The lowest BCUT2D eigenvalue weighted by molar-refractivity contribution is 0.913. The van der Waals surface area contributed by atoms with Gasteiger partial charge in [0.25, 0.3) is 0 Å². The molecule has 0 bridgehead atoms. The van der Waals surface area contributed by atoms with E-state index >= 15 is 0 Å². The van der Waals surface area contributed by atoms with Crippen LogP contribution >= 0.6 is 0 Å². The van der Waals surface area contributed by atoms with Gasteiger partial charge >= 0.3 is 0 Å². The Morgan fingerprint density at radius 2 is 0.588 bits per heavy atom. The fourth-order valence-corrected chi connectivity index (χ4v) is 3.48. The van der Waals surface area contributed by atoms with E-state index in [4.69, 9.17) is 0 Å². The molecule has 0 aromatic heterocycles. The molecule has 0 amide bonds. The molecule has 0 spiro atoms. The van der Waals surface area contributed by atoms with Gasteiger partial charge in [-0.2, -0.15) is 0 Å². The van der Waals surface area contributed by atoms with Crippen molar-refractivity contribution in [3.63, 3.8) is 0 Å². The van der Waals surface area contributed by atoms with Crippen molar-refractivity contribution in [2.75, 3.05) is 0 Å². The third kappa shape index (κ3) is 15.5. The molecular formula is C34H54. The molecule has 0 saturated carbocycles. The minimum absolute atomic E-state index is 1.21. The molecule has 0 heteroatoms. The summed E-state index contributed by atoms with van der Waals surface area (Å²) in [5, 5.41) is 0. The maximum Gasteiger partial charge on any atom is -0.0279 e. The molecule has 0 aliphatic rings. The molecule has 3 rings (SSSR count). The molecule has 0 saturated heterocycles. The van der Waals surface area contributed by atoms with Gasteiger partial charge in [0.2, 0.25) is 0 Å². The topological polar surface area (TPSA) is 0 Å². The van der Waals surface area contributed by atoms with Crippen LogP contribution in [-0.4, -0.2) is 0 Å². The zero-order valence-corrected chi connectivity index (χ0v) is 24.2. The summed E-state index contributed by atoms with van der Waals surface area (Å²) in [7, 11) is 0. The fourth-order valence-electron chi connectivity index (χ4n) is 3.48. The van der Waals surface area contributed by atoms with E-state index in [1.54, 1.807) is 0 Å². The van der Waals surface area contributed by atoms with Gasteiger partial charge in [-0.05, 0) is 73.4 Å². The van der Waals surface area contributed by atoms with Crippen molar-refractivity contribution in [1.82, 2.24) is 0 Å². The minimum Gasteiger partial charge on any atom is -0.0683 e. The summed E-state index contributed by atoms with van der Waals surface area (Å²) in [4.78, 5) is 0. The van der Waals surface area contributed by atoms with Gasteiger partial charge in [-0.1, -0.05) is 141 Å². The summed E-state index contributed by atoms with van der Waals surface area (Å²) in [6, 6.07) is 25.7. The molecule has 0 N–H and O–H groups in total. The molecule has 0 aliphatic heterocycles. The van der Waals surface area contributed by atoms with E-state index < -0.39 is 0 Å². The molecule has 3 aromatic rings. The quantitative estimate of drug-likeness (QED) is 0.341. The third-order valence-electron chi connectivity index (χ3n) is 5.34. The van der Waals surface area contributed by atoms with Crippen LogP contribution in [0, 0.1) is 20.8 Å². The van der Waals surface area contributed by atoms with Gasteiger partial charge in [-0.3, -0.25) is 0 Å². The van der Waals surface area contributed by atoms with Gasteiger partial charge in [-0.15, -0.1) is 0 Å². The Morgan fingerprint density at radius 1 is 0.382 bits per heavy atom. The van der Waals surface area contributed by atoms with Crippen LogP contribution in [-0.2, 0) is 19.3 Å². The standard InChI is InChI=1S/3C10H14.2C2H6/c3*1-3-6-10-8-5-4-7-9(10)2;2*1-2/h3*4-5,7-8H,3,6H2,1-2H3;2*1-2H3. The molecule has 3 aromatic carbocycles. The van der Waals surface area contributed by atoms with E-state index in [0.717, 1.165) is 0 Å². The van der Waals surface area contributed by atoms with E-state index in [1.807, 2.05) is 27.7 Å². The Bertz CT molecular complexity index is 716. The Hall–Kier alpha value is -2.34. The summed E-state index contributed by atoms with van der Waals surface area (Å²) >= 11 is 0. The van der Waals surface area contributed by atoms with Crippen LogP contribution in [0.2, 0.25) is 0 Å². The predicted molar refractivity (Wildman–Crippen MR) is 158 cm³/mol. The first-order chi connectivity index (χ1) is 16.5. The van der Waals surface area contributed by atoms with Crippen LogP contribution in [0.25, 0.3) is 0 Å². The highest BCUT2D eigenvalue weighted by Gasteiger charge is 1.94. The van der Waals surface area contributed by atoms with Crippen LogP contribution in [0.3, 0.4) is 0 Å². The highest BCUT2D eigenvalue weighted by molar-refractivity contribution is 5.26. The van der Waals surface area contributed by atoms with Gasteiger partial charge < -0.3 is 0 Å². The summed E-state index contributed by atoms with van der Waals surface area (Å²) in [6.45, 7) is 21.2. The lowest BCUT2D eigenvalue weighted by Gasteiger charge is -2.01. The Morgan fingerprint density at radius 3 is 0.765 bits per heavy atom. The van der Waals surface area contributed by atoms with Crippen LogP contribution in [0.15, 0.2) is 72.8 Å². The van der Waals surface area contributed by atoms with Crippen LogP contribution in [0.5, 0.6) is 0 Å². The number of hydrogen-bond donors (Lipinski definition) is 0. The van der Waals surface area contributed by atoms with Crippen molar-refractivity contribution in [3.05, 3.63) is 106 Å². The van der Waals surface area contributed by atoms with Crippen LogP contribution in [0.1, 0.15) is 101 Å². The molecule has 0 heterocycles. The van der Waals surface area contributed by atoms with E-state index in [2.05, 4.69) is 114 Å². The van der Waals surface area contributed by atoms with E-state index in [-0.39, 0.29) is 0 Å². The van der Waals surface area contributed by atoms with Gasteiger partial charge in [0.15, 0.2) is 0 Å². The molecule has 0 aliphatic carbocycles. The third-order valence-corrected chi connectivity index (χ3v) is 5.34. The van der Waals surface area contributed by atoms with Crippen molar-refractivity contribution in [3.8, 4) is 0 Å². The maximum atomic E-state index is 2.21. The first-order valence-electron chi connectivity index (χ1n) is 13.7. The summed E-state index contributed by atoms with van der Waals surface area (Å²) in [5.74, 6) is 0. The number of rotatable bonds is 6. The summed E-state index contributed by atoms with van der Waals surface area (Å²) < 4.78 is 0. The van der Waals surface area contributed by atoms with Crippen molar-refractivity contribution >= 4 is 0 Å². The SMILES string of the molecule is CC.CC.CCCc1ccccc1C.CCCc1ccccc1C.CCCc1ccccc1C. The van der Waals surface area contributed by atoms with Gasteiger partial charge in [0, 0.05) is 0 Å². The molecule has 0 radical (unpaired) electrons. The Balaban J connectivity index is 0. The average Bonchev–Trinajstić information content (AvgIpc) is 2.87. The molecule has 34 heavy (non-hydrogen) atoms. The molecule has 190 valence electrons. The minimum atomic E-state index is 1.21. The number of hydrogen-bond acceptors (Lipinski definition) is 0. The second-order valence-corrected chi connectivity index (χ2v) is 8.03. The predicted octanol–water partition coefficient (Wildman–Crippen LogP) is 10.9. The fraction of sp³-hybridized carbons (Fsp3) is 0.471.